The fraction of sp³-hybridized carbons (Fsp3) is 0.0909. The predicted octanol–water partition coefficient (Wildman–Crippen LogP) is 2.73. The van der Waals surface area contributed by atoms with Gasteiger partial charge in [0.15, 0.2) is 0 Å². The van der Waals surface area contributed by atoms with Crippen molar-refractivity contribution >= 4 is 44.9 Å². The largest absolute Gasteiger partial charge is 0.481 e. The Bertz CT molecular complexity index is 702. The van der Waals surface area contributed by atoms with Crippen LogP contribution in [0.2, 0.25) is 0 Å². The van der Waals surface area contributed by atoms with Crippen molar-refractivity contribution in [2.24, 2.45) is 0 Å². The second-order valence-electron chi connectivity index (χ2n) is 3.47. The molecule has 0 aromatic carbocycles. The number of hydrogen-bond acceptors (Lipinski definition) is 4. The van der Waals surface area contributed by atoms with E-state index in [0.717, 1.165) is 20.9 Å². The minimum atomic E-state index is -0.826. The molecule has 3 aromatic heterocycles. The monoisotopic (exact) mass is 264 g/mol. The maximum absolute atomic E-state index is 10.6. The highest BCUT2D eigenvalue weighted by molar-refractivity contribution is 8.00. The number of carboxylic acids is 1. The van der Waals surface area contributed by atoms with Gasteiger partial charge in [-0.2, -0.15) is 0 Å². The van der Waals surface area contributed by atoms with Crippen LogP contribution in [0, 0.1) is 0 Å². The SMILES string of the molecule is O=C(O)CSc1nc2sccc2n2cccc12. The van der Waals surface area contributed by atoms with E-state index in [2.05, 4.69) is 4.98 Å². The van der Waals surface area contributed by atoms with Crippen molar-refractivity contribution in [2.75, 3.05) is 5.75 Å². The highest BCUT2D eigenvalue weighted by Gasteiger charge is 2.10. The molecule has 0 amide bonds. The molecule has 86 valence electrons. The molecule has 3 heterocycles. The molecule has 0 spiro atoms. The third kappa shape index (κ3) is 1.79. The Labute approximate surface area is 105 Å². The normalized spacial score (nSPS) is 11.3. The Morgan fingerprint density at radius 2 is 2.35 bits per heavy atom. The lowest BCUT2D eigenvalue weighted by Gasteiger charge is -2.03. The third-order valence-electron chi connectivity index (χ3n) is 2.39. The fourth-order valence-corrected chi connectivity index (χ4v) is 3.26. The summed E-state index contributed by atoms with van der Waals surface area (Å²) in [6, 6.07) is 5.92. The molecule has 3 aromatic rings. The predicted molar refractivity (Wildman–Crippen MR) is 68.9 cm³/mol. The van der Waals surface area contributed by atoms with E-state index in [1.54, 1.807) is 11.3 Å². The van der Waals surface area contributed by atoms with Crippen molar-refractivity contribution in [3.8, 4) is 0 Å². The molecular weight excluding hydrogens is 256 g/mol. The second kappa shape index (κ2) is 4.05. The Morgan fingerprint density at radius 3 is 3.18 bits per heavy atom. The number of fused-ring (bicyclic) bond motifs is 3. The van der Waals surface area contributed by atoms with Crippen LogP contribution in [0.5, 0.6) is 0 Å². The van der Waals surface area contributed by atoms with E-state index in [0.29, 0.717) is 0 Å². The Morgan fingerprint density at radius 1 is 1.47 bits per heavy atom. The molecule has 0 radical (unpaired) electrons. The number of aromatic nitrogens is 2. The Hall–Kier alpha value is -1.53. The highest BCUT2D eigenvalue weighted by Crippen LogP contribution is 2.28. The maximum Gasteiger partial charge on any atom is 0.313 e. The molecule has 0 saturated heterocycles. The quantitative estimate of drug-likeness (QED) is 0.739. The van der Waals surface area contributed by atoms with E-state index in [1.165, 1.54) is 11.8 Å². The van der Waals surface area contributed by atoms with Crippen molar-refractivity contribution in [2.45, 2.75) is 5.03 Å². The molecule has 0 atom stereocenters. The number of carbonyl (C=O) groups is 1. The molecule has 17 heavy (non-hydrogen) atoms. The number of aliphatic carboxylic acids is 1. The zero-order valence-corrected chi connectivity index (χ0v) is 10.3. The van der Waals surface area contributed by atoms with Crippen LogP contribution in [0.3, 0.4) is 0 Å². The molecule has 0 aliphatic carbocycles. The summed E-state index contributed by atoms with van der Waals surface area (Å²) in [4.78, 5) is 16.0. The molecule has 4 nitrogen and oxygen atoms in total. The van der Waals surface area contributed by atoms with E-state index < -0.39 is 5.97 Å². The smallest absolute Gasteiger partial charge is 0.313 e. The van der Waals surface area contributed by atoms with Crippen molar-refractivity contribution in [3.63, 3.8) is 0 Å². The van der Waals surface area contributed by atoms with Gasteiger partial charge in [-0.1, -0.05) is 11.8 Å². The lowest BCUT2D eigenvalue weighted by Crippen LogP contribution is -1.99. The summed E-state index contributed by atoms with van der Waals surface area (Å²) < 4.78 is 2.04. The standard InChI is InChI=1S/C11H8N2O2S2/c14-9(15)6-17-11-7-2-1-4-13(7)8-3-5-16-10(8)12-11/h1-5H,6H2,(H,14,15). The minimum absolute atomic E-state index is 0.0325. The summed E-state index contributed by atoms with van der Waals surface area (Å²) >= 11 is 2.82. The first-order valence-electron chi connectivity index (χ1n) is 4.94. The van der Waals surface area contributed by atoms with E-state index in [9.17, 15) is 4.79 Å². The zero-order valence-electron chi connectivity index (χ0n) is 8.66. The minimum Gasteiger partial charge on any atom is -0.481 e. The highest BCUT2D eigenvalue weighted by atomic mass is 32.2. The summed E-state index contributed by atoms with van der Waals surface area (Å²) in [6.45, 7) is 0. The van der Waals surface area contributed by atoms with Crippen LogP contribution >= 0.6 is 23.1 Å². The molecule has 0 aliphatic heterocycles. The molecule has 1 N–H and O–H groups in total. The topological polar surface area (TPSA) is 54.6 Å². The number of thioether (sulfide) groups is 1. The van der Waals surface area contributed by atoms with Crippen LogP contribution in [0.4, 0.5) is 0 Å². The first-order valence-corrected chi connectivity index (χ1v) is 6.81. The molecule has 0 aliphatic rings. The van der Waals surface area contributed by atoms with Gasteiger partial charge in [-0.15, -0.1) is 11.3 Å². The van der Waals surface area contributed by atoms with Crippen LogP contribution < -0.4 is 0 Å². The van der Waals surface area contributed by atoms with Crippen LogP contribution in [-0.2, 0) is 4.79 Å². The van der Waals surface area contributed by atoms with E-state index >= 15 is 0 Å². The average molecular weight is 264 g/mol. The van der Waals surface area contributed by atoms with Gasteiger partial charge in [-0.05, 0) is 23.6 Å². The molecule has 0 unspecified atom stereocenters. The van der Waals surface area contributed by atoms with Gasteiger partial charge in [0.2, 0.25) is 0 Å². The molecule has 6 heteroatoms. The van der Waals surface area contributed by atoms with Crippen LogP contribution in [0.15, 0.2) is 34.8 Å². The van der Waals surface area contributed by atoms with Gasteiger partial charge in [0, 0.05) is 6.20 Å². The van der Waals surface area contributed by atoms with Crippen LogP contribution in [-0.4, -0.2) is 26.2 Å². The summed E-state index contributed by atoms with van der Waals surface area (Å²) in [6.07, 6.45) is 1.97. The van der Waals surface area contributed by atoms with Crippen molar-refractivity contribution in [1.29, 1.82) is 0 Å². The van der Waals surface area contributed by atoms with E-state index in [4.69, 9.17) is 5.11 Å². The van der Waals surface area contributed by atoms with Crippen LogP contribution in [0.1, 0.15) is 0 Å². The summed E-state index contributed by atoms with van der Waals surface area (Å²) in [5.41, 5.74) is 2.02. The zero-order chi connectivity index (χ0) is 11.8. The number of hydrogen-bond donors (Lipinski definition) is 1. The lowest BCUT2D eigenvalue weighted by atomic mass is 10.5. The van der Waals surface area contributed by atoms with Crippen molar-refractivity contribution in [3.05, 3.63) is 29.8 Å². The summed E-state index contributed by atoms with van der Waals surface area (Å²) in [5.74, 6) is -0.794. The van der Waals surface area contributed by atoms with Crippen molar-refractivity contribution in [1.82, 2.24) is 9.38 Å². The van der Waals surface area contributed by atoms with Crippen LogP contribution in [0.25, 0.3) is 15.9 Å². The average Bonchev–Trinajstić information content (AvgIpc) is 2.92. The molecule has 0 fully saturated rings. The molecule has 0 saturated carbocycles. The van der Waals surface area contributed by atoms with E-state index in [1.807, 2.05) is 34.2 Å². The Balaban J connectivity index is 2.19. The summed E-state index contributed by atoms with van der Waals surface area (Å²) in [5, 5.41) is 11.5. The second-order valence-corrected chi connectivity index (χ2v) is 5.33. The van der Waals surface area contributed by atoms with Gasteiger partial charge in [0.25, 0.3) is 0 Å². The lowest BCUT2D eigenvalue weighted by molar-refractivity contribution is -0.133. The maximum atomic E-state index is 10.6. The number of thiophene rings is 1. The molecule has 0 bridgehead atoms. The third-order valence-corrected chi connectivity index (χ3v) is 4.15. The fourth-order valence-electron chi connectivity index (χ4n) is 1.71. The number of rotatable bonds is 3. The van der Waals surface area contributed by atoms with Crippen molar-refractivity contribution < 1.29 is 9.90 Å². The van der Waals surface area contributed by atoms with Gasteiger partial charge in [0.1, 0.15) is 9.86 Å². The molecular formula is C11H8N2O2S2. The van der Waals surface area contributed by atoms with Gasteiger partial charge >= 0.3 is 5.97 Å². The molecule has 3 rings (SSSR count). The van der Waals surface area contributed by atoms with Gasteiger partial charge in [-0.25, -0.2) is 4.98 Å². The summed E-state index contributed by atoms with van der Waals surface area (Å²) in [7, 11) is 0. The van der Waals surface area contributed by atoms with Gasteiger partial charge < -0.3 is 9.51 Å². The Kier molecular flexibility index (Phi) is 2.53. The number of nitrogens with zero attached hydrogens (tertiary/aromatic N) is 2. The van der Waals surface area contributed by atoms with Gasteiger partial charge in [-0.3, -0.25) is 4.79 Å². The first kappa shape index (κ1) is 10.6. The first-order chi connectivity index (χ1) is 8.25. The van der Waals surface area contributed by atoms with Gasteiger partial charge in [0.05, 0.1) is 16.8 Å². The number of carboxylic acid groups (broad SMARTS) is 1. The van der Waals surface area contributed by atoms with E-state index in [-0.39, 0.29) is 5.75 Å².